The van der Waals surface area contributed by atoms with Crippen LogP contribution < -0.4 is 0 Å². The van der Waals surface area contributed by atoms with Gasteiger partial charge in [-0.1, -0.05) is 12.1 Å². The normalized spacial score (nSPS) is 15.1. The summed E-state index contributed by atoms with van der Waals surface area (Å²) in [5.74, 6) is 0.826. The molecule has 0 saturated carbocycles. The standard InChI is InChI=1S/C9H11N3O2S/c1-5(6(2)13)9-11-8(12-14-9)7-3-10-4-15-7/h3-6,13H,1-2H3. The van der Waals surface area contributed by atoms with Crippen LogP contribution in [-0.4, -0.2) is 26.3 Å². The van der Waals surface area contributed by atoms with Gasteiger partial charge in [0.2, 0.25) is 11.7 Å². The highest BCUT2D eigenvalue weighted by Gasteiger charge is 2.19. The van der Waals surface area contributed by atoms with Crippen molar-refractivity contribution in [3.8, 4) is 10.7 Å². The van der Waals surface area contributed by atoms with E-state index in [4.69, 9.17) is 4.52 Å². The Balaban J connectivity index is 2.25. The first kappa shape index (κ1) is 10.3. The van der Waals surface area contributed by atoms with E-state index >= 15 is 0 Å². The summed E-state index contributed by atoms with van der Waals surface area (Å²) < 4.78 is 5.07. The van der Waals surface area contributed by atoms with Crippen LogP contribution in [0.3, 0.4) is 0 Å². The zero-order chi connectivity index (χ0) is 10.8. The average molecular weight is 225 g/mol. The third kappa shape index (κ3) is 2.05. The molecular weight excluding hydrogens is 214 g/mol. The third-order valence-corrected chi connectivity index (χ3v) is 2.98. The monoisotopic (exact) mass is 225 g/mol. The van der Waals surface area contributed by atoms with Gasteiger partial charge in [-0.05, 0) is 6.92 Å². The van der Waals surface area contributed by atoms with Crippen molar-refractivity contribution in [2.75, 3.05) is 0 Å². The average Bonchev–Trinajstić information content (AvgIpc) is 2.86. The predicted octanol–water partition coefficient (Wildman–Crippen LogP) is 1.68. The van der Waals surface area contributed by atoms with Crippen molar-refractivity contribution in [1.82, 2.24) is 15.1 Å². The molecule has 2 aromatic rings. The molecule has 0 fully saturated rings. The summed E-state index contributed by atoms with van der Waals surface area (Å²) in [5, 5.41) is 13.2. The lowest BCUT2D eigenvalue weighted by Gasteiger charge is -2.07. The Bertz CT molecular complexity index is 424. The predicted molar refractivity (Wildman–Crippen MR) is 55.5 cm³/mol. The number of aromatic nitrogens is 3. The number of aliphatic hydroxyl groups is 1. The van der Waals surface area contributed by atoms with E-state index in [1.807, 2.05) is 6.92 Å². The van der Waals surface area contributed by atoms with Gasteiger partial charge < -0.3 is 9.63 Å². The summed E-state index contributed by atoms with van der Waals surface area (Å²) in [5.41, 5.74) is 1.71. The van der Waals surface area contributed by atoms with Crippen molar-refractivity contribution in [2.24, 2.45) is 0 Å². The van der Waals surface area contributed by atoms with Crippen molar-refractivity contribution < 1.29 is 9.63 Å². The van der Waals surface area contributed by atoms with Crippen LogP contribution in [0.25, 0.3) is 10.7 Å². The van der Waals surface area contributed by atoms with Crippen molar-refractivity contribution >= 4 is 11.3 Å². The first-order valence-corrected chi connectivity index (χ1v) is 5.47. The van der Waals surface area contributed by atoms with Gasteiger partial charge in [0.1, 0.15) is 0 Å². The number of thiazole rings is 1. The van der Waals surface area contributed by atoms with E-state index in [-0.39, 0.29) is 5.92 Å². The molecule has 2 unspecified atom stereocenters. The van der Waals surface area contributed by atoms with Gasteiger partial charge in [-0.15, -0.1) is 11.3 Å². The summed E-state index contributed by atoms with van der Waals surface area (Å²) in [6.45, 7) is 3.54. The van der Waals surface area contributed by atoms with Gasteiger partial charge in [-0.3, -0.25) is 4.98 Å². The first-order chi connectivity index (χ1) is 7.18. The van der Waals surface area contributed by atoms with E-state index in [1.54, 1.807) is 18.6 Å². The van der Waals surface area contributed by atoms with Gasteiger partial charge in [0.05, 0.1) is 22.4 Å². The number of aliphatic hydroxyl groups excluding tert-OH is 1. The van der Waals surface area contributed by atoms with E-state index in [0.29, 0.717) is 11.7 Å². The van der Waals surface area contributed by atoms with Gasteiger partial charge in [0.25, 0.3) is 0 Å². The third-order valence-electron chi connectivity index (χ3n) is 2.21. The van der Waals surface area contributed by atoms with Gasteiger partial charge in [0, 0.05) is 6.20 Å². The number of nitrogens with zero attached hydrogens (tertiary/aromatic N) is 3. The molecule has 1 N–H and O–H groups in total. The van der Waals surface area contributed by atoms with Crippen LogP contribution >= 0.6 is 11.3 Å². The second-order valence-corrected chi connectivity index (χ2v) is 4.24. The minimum Gasteiger partial charge on any atom is -0.393 e. The van der Waals surface area contributed by atoms with Gasteiger partial charge >= 0.3 is 0 Å². The Labute approximate surface area is 90.8 Å². The molecule has 2 aromatic heterocycles. The van der Waals surface area contributed by atoms with Crippen LogP contribution in [0, 0.1) is 0 Å². The minimum atomic E-state index is -0.500. The molecule has 6 heteroatoms. The largest absolute Gasteiger partial charge is 0.393 e. The molecule has 2 rings (SSSR count). The molecule has 15 heavy (non-hydrogen) atoms. The highest BCUT2D eigenvalue weighted by molar-refractivity contribution is 7.13. The Kier molecular flexibility index (Phi) is 2.79. The zero-order valence-corrected chi connectivity index (χ0v) is 9.23. The molecule has 0 aliphatic rings. The maximum absolute atomic E-state index is 9.38. The minimum absolute atomic E-state index is 0.154. The summed E-state index contributed by atoms with van der Waals surface area (Å²) in [7, 11) is 0. The van der Waals surface area contributed by atoms with Crippen molar-refractivity contribution in [1.29, 1.82) is 0 Å². The van der Waals surface area contributed by atoms with E-state index in [1.165, 1.54) is 11.3 Å². The van der Waals surface area contributed by atoms with E-state index in [0.717, 1.165) is 4.88 Å². The molecule has 0 radical (unpaired) electrons. The summed E-state index contributed by atoms with van der Waals surface area (Å²) >= 11 is 1.45. The van der Waals surface area contributed by atoms with E-state index in [9.17, 15) is 5.11 Å². The van der Waals surface area contributed by atoms with Crippen LogP contribution in [0.1, 0.15) is 25.7 Å². The molecular formula is C9H11N3O2S. The number of hydrogen-bond donors (Lipinski definition) is 1. The molecule has 2 heterocycles. The van der Waals surface area contributed by atoms with Gasteiger partial charge in [0.15, 0.2) is 0 Å². The van der Waals surface area contributed by atoms with Gasteiger partial charge in [-0.25, -0.2) is 0 Å². The maximum Gasteiger partial charge on any atom is 0.232 e. The van der Waals surface area contributed by atoms with Crippen molar-refractivity contribution in [2.45, 2.75) is 25.9 Å². The molecule has 0 aromatic carbocycles. The number of hydrogen-bond acceptors (Lipinski definition) is 6. The molecule has 80 valence electrons. The van der Waals surface area contributed by atoms with E-state index < -0.39 is 6.10 Å². The fourth-order valence-corrected chi connectivity index (χ4v) is 1.60. The summed E-state index contributed by atoms with van der Waals surface area (Å²) in [6.07, 6.45) is 1.19. The topological polar surface area (TPSA) is 72.0 Å². The Morgan fingerprint density at radius 3 is 2.87 bits per heavy atom. The Morgan fingerprint density at radius 2 is 2.27 bits per heavy atom. The van der Waals surface area contributed by atoms with Crippen LogP contribution in [0.5, 0.6) is 0 Å². The first-order valence-electron chi connectivity index (χ1n) is 4.59. The highest BCUT2D eigenvalue weighted by Crippen LogP contribution is 2.23. The lowest BCUT2D eigenvalue weighted by atomic mass is 10.1. The number of rotatable bonds is 3. The lowest BCUT2D eigenvalue weighted by molar-refractivity contribution is 0.151. The second kappa shape index (κ2) is 4.08. The lowest BCUT2D eigenvalue weighted by Crippen LogP contribution is -2.11. The Morgan fingerprint density at radius 1 is 1.47 bits per heavy atom. The molecule has 0 aliphatic heterocycles. The molecule has 2 atom stereocenters. The smallest absolute Gasteiger partial charge is 0.232 e. The van der Waals surface area contributed by atoms with E-state index in [2.05, 4.69) is 15.1 Å². The SMILES string of the molecule is CC(O)C(C)c1nc(-c2cncs2)no1. The van der Waals surface area contributed by atoms with Crippen LogP contribution in [0.4, 0.5) is 0 Å². The van der Waals surface area contributed by atoms with Crippen molar-refractivity contribution in [3.05, 3.63) is 17.6 Å². The van der Waals surface area contributed by atoms with Crippen LogP contribution in [0.2, 0.25) is 0 Å². The van der Waals surface area contributed by atoms with Crippen LogP contribution in [0.15, 0.2) is 16.2 Å². The molecule has 0 bridgehead atoms. The summed E-state index contributed by atoms with van der Waals surface area (Å²) in [4.78, 5) is 9.01. The van der Waals surface area contributed by atoms with Crippen molar-refractivity contribution in [3.63, 3.8) is 0 Å². The second-order valence-electron chi connectivity index (χ2n) is 3.35. The maximum atomic E-state index is 9.38. The molecule has 0 spiro atoms. The molecule has 0 aliphatic carbocycles. The molecule has 5 nitrogen and oxygen atoms in total. The summed E-state index contributed by atoms with van der Waals surface area (Å²) in [6, 6.07) is 0. The highest BCUT2D eigenvalue weighted by atomic mass is 32.1. The Hall–Kier alpha value is -1.27. The fourth-order valence-electron chi connectivity index (χ4n) is 1.05. The van der Waals surface area contributed by atoms with Crippen LogP contribution in [-0.2, 0) is 0 Å². The fraction of sp³-hybridized carbons (Fsp3) is 0.444. The molecule has 0 saturated heterocycles. The molecule has 0 amide bonds. The van der Waals surface area contributed by atoms with Gasteiger partial charge in [-0.2, -0.15) is 4.98 Å². The quantitative estimate of drug-likeness (QED) is 0.860. The zero-order valence-electron chi connectivity index (χ0n) is 8.41.